The minimum Gasteiger partial charge on any atom is -0.493 e. The molecule has 0 unspecified atom stereocenters. The van der Waals surface area contributed by atoms with Crippen LogP contribution in [0.15, 0.2) is 66.2 Å². The van der Waals surface area contributed by atoms with E-state index in [0.717, 1.165) is 23.3 Å². The maximum atomic E-state index is 13.2. The van der Waals surface area contributed by atoms with E-state index in [4.69, 9.17) is 9.47 Å². The van der Waals surface area contributed by atoms with Gasteiger partial charge in [-0.25, -0.2) is 0 Å². The van der Waals surface area contributed by atoms with Crippen LogP contribution in [-0.2, 0) is 17.6 Å². The van der Waals surface area contributed by atoms with Gasteiger partial charge in [-0.05, 0) is 76.5 Å². The molecular weight excluding hydrogens is 572 g/mol. The number of nitrogens with zero attached hydrogens (tertiary/aromatic N) is 1. The number of carbonyl (C=O) groups is 1. The molecule has 1 amide bonds. The normalized spacial score (nSPS) is 11.5. The van der Waals surface area contributed by atoms with Gasteiger partial charge in [-0.1, -0.05) is 36.4 Å². The molecule has 0 aliphatic rings. The van der Waals surface area contributed by atoms with Crippen LogP contribution in [0.5, 0.6) is 11.5 Å². The maximum Gasteiger partial charge on any atom is 0.418 e. The monoisotopic (exact) mass is 592 g/mol. The van der Waals surface area contributed by atoms with Gasteiger partial charge in [0.2, 0.25) is 0 Å². The predicted molar refractivity (Wildman–Crippen MR) is 135 cm³/mol. The number of nitriles is 1. The fraction of sp³-hybridized carbons (Fsp3) is 0.154. The van der Waals surface area contributed by atoms with Crippen LogP contribution in [0.3, 0.4) is 0 Å². The highest BCUT2D eigenvalue weighted by atomic mass is 127. The summed E-state index contributed by atoms with van der Waals surface area (Å²) in [6.07, 6.45) is -3.38. The van der Waals surface area contributed by atoms with Crippen molar-refractivity contribution in [3.05, 3.63) is 92.1 Å². The number of methoxy groups -OCH3 is 1. The van der Waals surface area contributed by atoms with Crippen molar-refractivity contribution < 1.29 is 27.4 Å². The predicted octanol–water partition coefficient (Wildman–Crippen LogP) is 6.75. The topological polar surface area (TPSA) is 71.3 Å². The number of hydrogen-bond acceptors (Lipinski definition) is 4. The Morgan fingerprint density at radius 3 is 2.49 bits per heavy atom. The number of benzene rings is 3. The largest absolute Gasteiger partial charge is 0.493 e. The standard InChI is InChI=1S/C26H20F3IN2O3/c1-16-7-3-4-8-18(16)15-35-24-21(30)12-17(13-23(24)34-2)11-19(14-31)25(33)32-22-10-6-5-9-20(22)26(27,28)29/h3-13H,15H2,1-2H3,(H,32,33). The summed E-state index contributed by atoms with van der Waals surface area (Å²) < 4.78 is 51.8. The maximum absolute atomic E-state index is 13.2. The van der Waals surface area contributed by atoms with E-state index in [-0.39, 0.29) is 5.57 Å². The lowest BCUT2D eigenvalue weighted by Gasteiger charge is -2.15. The summed E-state index contributed by atoms with van der Waals surface area (Å²) in [6, 6.07) is 17.4. The second-order valence-corrected chi connectivity index (χ2v) is 8.58. The molecule has 3 aromatic carbocycles. The van der Waals surface area contributed by atoms with Crippen molar-refractivity contribution in [3.63, 3.8) is 0 Å². The van der Waals surface area contributed by atoms with Crippen LogP contribution in [-0.4, -0.2) is 13.0 Å². The van der Waals surface area contributed by atoms with Gasteiger partial charge in [0.15, 0.2) is 11.5 Å². The van der Waals surface area contributed by atoms with E-state index in [2.05, 4.69) is 27.9 Å². The fourth-order valence-corrected chi connectivity index (χ4v) is 4.01. The van der Waals surface area contributed by atoms with Gasteiger partial charge in [0.1, 0.15) is 18.2 Å². The molecule has 0 bridgehead atoms. The van der Waals surface area contributed by atoms with E-state index in [9.17, 15) is 23.2 Å². The second-order valence-electron chi connectivity index (χ2n) is 7.42. The van der Waals surface area contributed by atoms with Gasteiger partial charge in [0.05, 0.1) is 21.9 Å². The van der Waals surface area contributed by atoms with Crippen LogP contribution < -0.4 is 14.8 Å². The minimum atomic E-state index is -4.65. The molecule has 3 aromatic rings. The first-order chi connectivity index (χ1) is 16.6. The molecule has 0 radical (unpaired) electrons. The Hall–Kier alpha value is -3.52. The number of alkyl halides is 3. The van der Waals surface area contributed by atoms with Crippen molar-refractivity contribution in [1.82, 2.24) is 0 Å². The molecule has 0 aromatic heterocycles. The average Bonchev–Trinajstić information content (AvgIpc) is 2.82. The molecule has 0 fully saturated rings. The molecule has 9 heteroatoms. The van der Waals surface area contributed by atoms with Gasteiger partial charge < -0.3 is 14.8 Å². The van der Waals surface area contributed by atoms with Crippen molar-refractivity contribution in [3.8, 4) is 17.6 Å². The number of para-hydroxylation sites is 1. The smallest absolute Gasteiger partial charge is 0.418 e. The molecule has 0 saturated heterocycles. The highest BCUT2D eigenvalue weighted by Gasteiger charge is 2.33. The summed E-state index contributed by atoms with van der Waals surface area (Å²) in [5, 5.41) is 11.7. The molecule has 0 heterocycles. The van der Waals surface area contributed by atoms with Gasteiger partial charge in [0.25, 0.3) is 5.91 Å². The Morgan fingerprint density at radius 2 is 1.83 bits per heavy atom. The van der Waals surface area contributed by atoms with E-state index < -0.39 is 23.3 Å². The quantitative estimate of drug-likeness (QED) is 0.187. The first kappa shape index (κ1) is 26.1. The summed E-state index contributed by atoms with van der Waals surface area (Å²) in [7, 11) is 1.46. The van der Waals surface area contributed by atoms with E-state index in [1.54, 1.807) is 18.2 Å². The number of ether oxygens (including phenoxy) is 2. The second kappa shape index (κ2) is 11.3. The Kier molecular flexibility index (Phi) is 8.40. The van der Waals surface area contributed by atoms with Crippen LogP contribution in [0.2, 0.25) is 0 Å². The molecular formula is C26H20F3IN2O3. The highest BCUT2D eigenvalue weighted by molar-refractivity contribution is 14.1. The zero-order valence-electron chi connectivity index (χ0n) is 18.7. The molecule has 180 valence electrons. The Balaban J connectivity index is 1.86. The number of carbonyl (C=O) groups excluding carboxylic acids is 1. The van der Waals surface area contributed by atoms with Gasteiger partial charge >= 0.3 is 6.18 Å². The molecule has 0 atom stereocenters. The molecule has 35 heavy (non-hydrogen) atoms. The third-order valence-electron chi connectivity index (χ3n) is 5.04. The molecule has 0 aliphatic carbocycles. The lowest BCUT2D eigenvalue weighted by molar-refractivity contribution is -0.137. The van der Waals surface area contributed by atoms with Crippen molar-refractivity contribution in [2.24, 2.45) is 0 Å². The number of aryl methyl sites for hydroxylation is 1. The van der Waals surface area contributed by atoms with E-state index in [1.165, 1.54) is 25.3 Å². The van der Waals surface area contributed by atoms with Crippen LogP contribution >= 0.6 is 22.6 Å². The van der Waals surface area contributed by atoms with Gasteiger partial charge in [-0.3, -0.25) is 4.79 Å². The number of rotatable bonds is 7. The zero-order valence-corrected chi connectivity index (χ0v) is 20.9. The van der Waals surface area contributed by atoms with Crippen molar-refractivity contribution in [2.75, 3.05) is 12.4 Å². The number of halogens is 4. The molecule has 1 N–H and O–H groups in total. The third-order valence-corrected chi connectivity index (χ3v) is 5.84. The molecule has 0 aliphatic heterocycles. The van der Waals surface area contributed by atoms with Crippen LogP contribution in [0.4, 0.5) is 18.9 Å². The highest BCUT2D eigenvalue weighted by Crippen LogP contribution is 2.36. The summed E-state index contributed by atoms with van der Waals surface area (Å²) >= 11 is 2.05. The first-order valence-electron chi connectivity index (χ1n) is 10.3. The summed E-state index contributed by atoms with van der Waals surface area (Å²) in [4.78, 5) is 12.6. The van der Waals surface area contributed by atoms with Crippen LogP contribution in [0, 0.1) is 21.8 Å². The summed E-state index contributed by atoms with van der Waals surface area (Å²) in [5.41, 5.74) is 0.740. The van der Waals surface area contributed by atoms with Crippen LogP contribution in [0.1, 0.15) is 22.3 Å². The minimum absolute atomic E-state index is 0.318. The van der Waals surface area contributed by atoms with Crippen molar-refractivity contribution in [1.29, 1.82) is 5.26 Å². The van der Waals surface area contributed by atoms with Crippen LogP contribution in [0.25, 0.3) is 6.08 Å². The van der Waals surface area contributed by atoms with Crippen molar-refractivity contribution >= 4 is 40.3 Å². The summed E-state index contributed by atoms with van der Waals surface area (Å²) in [5.74, 6) is -0.0783. The van der Waals surface area contributed by atoms with E-state index in [0.29, 0.717) is 27.2 Å². The first-order valence-corrected chi connectivity index (χ1v) is 11.4. The van der Waals surface area contributed by atoms with Gasteiger partial charge in [0, 0.05) is 0 Å². The summed E-state index contributed by atoms with van der Waals surface area (Å²) in [6.45, 7) is 2.30. The lowest BCUT2D eigenvalue weighted by Crippen LogP contribution is -2.17. The fourth-order valence-electron chi connectivity index (χ4n) is 3.23. The zero-order chi connectivity index (χ0) is 25.6. The Bertz CT molecular complexity index is 1310. The number of nitrogens with one attached hydrogen (secondary N) is 1. The molecule has 0 saturated carbocycles. The lowest BCUT2D eigenvalue weighted by atomic mass is 10.1. The molecule has 3 rings (SSSR count). The van der Waals surface area contributed by atoms with Gasteiger partial charge in [-0.15, -0.1) is 0 Å². The van der Waals surface area contributed by atoms with E-state index in [1.807, 2.05) is 31.2 Å². The average molecular weight is 592 g/mol. The van der Waals surface area contributed by atoms with Crippen molar-refractivity contribution in [2.45, 2.75) is 19.7 Å². The SMILES string of the molecule is COc1cc(C=C(C#N)C(=O)Nc2ccccc2C(F)(F)F)cc(I)c1OCc1ccccc1C. The Morgan fingerprint density at radius 1 is 1.14 bits per heavy atom. The molecule has 5 nitrogen and oxygen atoms in total. The number of hydrogen-bond donors (Lipinski definition) is 1. The van der Waals surface area contributed by atoms with Gasteiger partial charge in [-0.2, -0.15) is 18.4 Å². The third kappa shape index (κ3) is 6.54. The number of anilines is 1. The molecule has 0 spiro atoms. The Labute approximate surface area is 214 Å². The number of amides is 1. The van der Waals surface area contributed by atoms with E-state index >= 15 is 0 Å².